The number of nitrogen functional groups attached to an aromatic ring is 1. The van der Waals surface area contributed by atoms with Gasteiger partial charge in [-0.25, -0.2) is 0 Å². The molecule has 0 aliphatic carbocycles. The Morgan fingerprint density at radius 3 is 2.80 bits per heavy atom. The highest BCUT2D eigenvalue weighted by Gasteiger charge is 2.08. The number of halogens is 2. The smallest absolute Gasteiger partial charge is 0.240 e. The first-order chi connectivity index (χ1) is 9.60. The number of ether oxygens (including phenoxy) is 2. The van der Waals surface area contributed by atoms with Gasteiger partial charge in [0.2, 0.25) is 11.8 Å². The maximum Gasteiger partial charge on any atom is 0.240 e. The summed E-state index contributed by atoms with van der Waals surface area (Å²) in [7, 11) is 0. The molecule has 0 amide bonds. The predicted molar refractivity (Wildman–Crippen MR) is 83.7 cm³/mol. The van der Waals surface area contributed by atoms with Crippen LogP contribution in [0.1, 0.15) is 13.3 Å². The molecule has 0 saturated carbocycles. The van der Waals surface area contributed by atoms with E-state index in [0.717, 1.165) is 10.9 Å². The number of nitrogens with two attached hydrogens (primary N) is 1. The Labute approximate surface area is 131 Å². The van der Waals surface area contributed by atoms with E-state index >= 15 is 0 Å². The van der Waals surface area contributed by atoms with Crippen LogP contribution in [0.2, 0.25) is 5.02 Å². The number of hydrogen-bond acceptors (Lipinski definition) is 4. The van der Waals surface area contributed by atoms with Crippen molar-refractivity contribution in [3.63, 3.8) is 0 Å². The summed E-state index contributed by atoms with van der Waals surface area (Å²) in [6.45, 7) is 2.57. The minimum atomic E-state index is 0.373. The minimum Gasteiger partial charge on any atom is -0.476 e. The molecule has 106 valence electrons. The maximum absolute atomic E-state index is 6.10. The Morgan fingerprint density at radius 2 is 2.10 bits per heavy atom. The van der Waals surface area contributed by atoms with Crippen molar-refractivity contribution in [2.45, 2.75) is 13.3 Å². The third kappa shape index (κ3) is 3.77. The van der Waals surface area contributed by atoms with Gasteiger partial charge >= 0.3 is 0 Å². The summed E-state index contributed by atoms with van der Waals surface area (Å²) in [6, 6.07) is 8.72. The van der Waals surface area contributed by atoms with E-state index < -0.39 is 0 Å². The molecule has 0 aliphatic heterocycles. The van der Waals surface area contributed by atoms with E-state index in [4.69, 9.17) is 26.8 Å². The highest BCUT2D eigenvalue weighted by atomic mass is 79.9. The van der Waals surface area contributed by atoms with Crippen molar-refractivity contribution in [1.82, 2.24) is 4.98 Å². The predicted octanol–water partition coefficient (Wildman–Crippen LogP) is 4.66. The monoisotopic (exact) mass is 356 g/mol. The van der Waals surface area contributed by atoms with Crippen LogP contribution in [0, 0.1) is 0 Å². The highest BCUT2D eigenvalue weighted by Crippen LogP contribution is 2.32. The number of hydrogen-bond donors (Lipinski definition) is 1. The van der Waals surface area contributed by atoms with Gasteiger partial charge in [-0.2, -0.15) is 4.98 Å². The summed E-state index contributed by atoms with van der Waals surface area (Å²) < 4.78 is 12.0. The van der Waals surface area contributed by atoms with E-state index in [2.05, 4.69) is 20.9 Å². The second kappa shape index (κ2) is 6.81. The fraction of sp³-hybridized carbons (Fsp3) is 0.214. The summed E-state index contributed by atoms with van der Waals surface area (Å²) >= 11 is 9.43. The summed E-state index contributed by atoms with van der Waals surface area (Å²) in [4.78, 5) is 4.23. The normalized spacial score (nSPS) is 10.3. The van der Waals surface area contributed by atoms with Crippen molar-refractivity contribution in [3.8, 4) is 17.5 Å². The highest BCUT2D eigenvalue weighted by molar-refractivity contribution is 9.10. The zero-order valence-electron chi connectivity index (χ0n) is 10.9. The van der Waals surface area contributed by atoms with Crippen molar-refractivity contribution < 1.29 is 9.47 Å². The van der Waals surface area contributed by atoms with Crippen molar-refractivity contribution in [2.75, 3.05) is 12.3 Å². The van der Waals surface area contributed by atoms with Gasteiger partial charge in [0, 0.05) is 10.5 Å². The van der Waals surface area contributed by atoms with E-state index in [1.165, 1.54) is 0 Å². The fourth-order valence-electron chi connectivity index (χ4n) is 1.48. The zero-order valence-corrected chi connectivity index (χ0v) is 13.2. The molecule has 6 heteroatoms. The Morgan fingerprint density at radius 1 is 1.30 bits per heavy atom. The first-order valence-corrected chi connectivity index (χ1v) is 7.29. The quantitative estimate of drug-likeness (QED) is 0.845. The number of anilines is 1. The number of pyridine rings is 1. The molecule has 0 saturated heterocycles. The fourth-order valence-corrected chi connectivity index (χ4v) is 2.19. The van der Waals surface area contributed by atoms with Crippen LogP contribution in [0.25, 0.3) is 0 Å². The number of nitrogens with zero attached hydrogens (tertiary/aromatic N) is 1. The molecule has 2 N–H and O–H groups in total. The van der Waals surface area contributed by atoms with Crippen LogP contribution < -0.4 is 15.2 Å². The lowest BCUT2D eigenvalue weighted by molar-refractivity contribution is 0.302. The molecule has 1 aromatic carbocycles. The molecule has 0 aliphatic rings. The first kappa shape index (κ1) is 14.9. The van der Waals surface area contributed by atoms with Gasteiger partial charge in [0.15, 0.2) is 0 Å². The van der Waals surface area contributed by atoms with Crippen LogP contribution in [0.15, 0.2) is 34.8 Å². The van der Waals surface area contributed by atoms with Gasteiger partial charge < -0.3 is 15.2 Å². The van der Waals surface area contributed by atoms with Gasteiger partial charge in [0.1, 0.15) is 5.75 Å². The van der Waals surface area contributed by atoms with Gasteiger partial charge in [-0.05, 0) is 30.7 Å². The molecule has 2 rings (SSSR count). The molecule has 2 aromatic rings. The van der Waals surface area contributed by atoms with E-state index in [9.17, 15) is 0 Å². The standard InChI is InChI=1S/C14H14BrClN2O2/c1-2-7-19-14-11(17)4-6-13(18-14)20-12-5-3-9(15)8-10(12)16/h3-6,8H,2,7,17H2,1H3. The van der Waals surface area contributed by atoms with Gasteiger partial charge in [-0.3, -0.25) is 0 Å². The van der Waals surface area contributed by atoms with Crippen molar-refractivity contribution in [3.05, 3.63) is 39.8 Å². The minimum absolute atomic E-state index is 0.373. The van der Waals surface area contributed by atoms with Crippen LogP contribution >= 0.6 is 27.5 Å². The van der Waals surface area contributed by atoms with Gasteiger partial charge in [0.25, 0.3) is 0 Å². The zero-order chi connectivity index (χ0) is 14.5. The Balaban J connectivity index is 2.20. The molecule has 4 nitrogen and oxygen atoms in total. The molecule has 1 heterocycles. The lowest BCUT2D eigenvalue weighted by Gasteiger charge is -2.10. The third-order valence-corrected chi connectivity index (χ3v) is 3.20. The summed E-state index contributed by atoms with van der Waals surface area (Å²) in [6.07, 6.45) is 0.880. The molecule has 20 heavy (non-hydrogen) atoms. The average Bonchev–Trinajstić information content (AvgIpc) is 2.42. The van der Waals surface area contributed by atoms with Gasteiger partial charge in [0.05, 0.1) is 17.3 Å². The molecular weight excluding hydrogens is 344 g/mol. The van der Waals surface area contributed by atoms with Crippen molar-refractivity contribution in [1.29, 1.82) is 0 Å². The van der Waals surface area contributed by atoms with E-state index in [1.54, 1.807) is 24.3 Å². The maximum atomic E-state index is 6.10. The van der Waals surface area contributed by atoms with E-state index in [1.807, 2.05) is 13.0 Å². The van der Waals surface area contributed by atoms with Gasteiger partial charge in [-0.15, -0.1) is 0 Å². The largest absolute Gasteiger partial charge is 0.476 e. The average molecular weight is 358 g/mol. The SMILES string of the molecule is CCCOc1nc(Oc2ccc(Br)cc2Cl)ccc1N. The second-order valence-electron chi connectivity index (χ2n) is 4.07. The van der Waals surface area contributed by atoms with Crippen LogP contribution in [-0.2, 0) is 0 Å². The summed E-state index contributed by atoms with van der Waals surface area (Å²) in [5, 5.41) is 0.494. The van der Waals surface area contributed by atoms with Crippen LogP contribution in [-0.4, -0.2) is 11.6 Å². The Hall–Kier alpha value is -1.46. The molecule has 0 unspecified atom stereocenters. The molecule has 0 spiro atoms. The Kier molecular flexibility index (Phi) is 5.09. The lowest BCUT2D eigenvalue weighted by atomic mass is 10.3. The molecule has 0 radical (unpaired) electrons. The second-order valence-corrected chi connectivity index (χ2v) is 5.39. The van der Waals surface area contributed by atoms with E-state index in [0.29, 0.717) is 34.8 Å². The first-order valence-electron chi connectivity index (χ1n) is 6.12. The molecule has 1 aromatic heterocycles. The van der Waals surface area contributed by atoms with Crippen LogP contribution in [0.5, 0.6) is 17.5 Å². The van der Waals surface area contributed by atoms with E-state index in [-0.39, 0.29) is 0 Å². The molecular formula is C14H14BrClN2O2. The third-order valence-electron chi connectivity index (χ3n) is 2.42. The lowest BCUT2D eigenvalue weighted by Crippen LogP contribution is -2.02. The molecule has 0 bridgehead atoms. The molecule has 0 fully saturated rings. The summed E-state index contributed by atoms with van der Waals surface area (Å²) in [5.74, 6) is 1.28. The van der Waals surface area contributed by atoms with Crippen molar-refractivity contribution in [2.24, 2.45) is 0 Å². The number of aromatic nitrogens is 1. The van der Waals surface area contributed by atoms with Gasteiger partial charge in [-0.1, -0.05) is 34.5 Å². The van der Waals surface area contributed by atoms with Crippen LogP contribution in [0.3, 0.4) is 0 Å². The van der Waals surface area contributed by atoms with Crippen LogP contribution in [0.4, 0.5) is 5.69 Å². The summed E-state index contributed by atoms with van der Waals surface area (Å²) in [5.41, 5.74) is 6.28. The number of rotatable bonds is 5. The Bertz CT molecular complexity index is 608. The topological polar surface area (TPSA) is 57.4 Å². The molecule has 0 atom stereocenters. The number of benzene rings is 1. The van der Waals surface area contributed by atoms with Crippen molar-refractivity contribution >= 4 is 33.2 Å².